The number of nitriles is 1. The summed E-state index contributed by atoms with van der Waals surface area (Å²) in [7, 11) is 1.16. The lowest BCUT2D eigenvalue weighted by molar-refractivity contribution is -0.159. The number of rotatable bonds is 7. The highest BCUT2D eigenvalue weighted by Crippen LogP contribution is 2.37. The minimum atomic E-state index is -1.78. The summed E-state index contributed by atoms with van der Waals surface area (Å²) >= 11 is 0. The van der Waals surface area contributed by atoms with Crippen molar-refractivity contribution >= 4 is 5.97 Å². The molecule has 0 bridgehead atoms. The first kappa shape index (κ1) is 18.8. The number of alkyl halides is 1. The van der Waals surface area contributed by atoms with Crippen LogP contribution < -0.4 is 4.74 Å². The second-order valence-electron chi connectivity index (χ2n) is 5.28. The molecule has 2 unspecified atom stereocenters. The van der Waals surface area contributed by atoms with Gasteiger partial charge < -0.3 is 9.47 Å². The minimum Gasteiger partial charge on any atom is -0.493 e. The first-order valence-corrected chi connectivity index (χ1v) is 7.05. The van der Waals surface area contributed by atoms with Crippen LogP contribution in [0.15, 0.2) is 12.1 Å². The second kappa shape index (κ2) is 7.86. The van der Waals surface area contributed by atoms with E-state index in [9.17, 15) is 23.2 Å². The molecular formula is C16H18F3NO3. The number of carbonyl (C=O) groups excluding carboxylic acids is 1. The van der Waals surface area contributed by atoms with E-state index in [1.807, 2.05) is 6.07 Å². The molecule has 4 nitrogen and oxygen atoms in total. The summed E-state index contributed by atoms with van der Waals surface area (Å²) in [6.07, 6.45) is -1.83. The van der Waals surface area contributed by atoms with Gasteiger partial charge in [0.2, 0.25) is 6.36 Å². The van der Waals surface area contributed by atoms with Crippen LogP contribution in [0.3, 0.4) is 0 Å². The molecule has 0 aromatic heterocycles. The number of hydrogen-bond acceptors (Lipinski definition) is 4. The van der Waals surface area contributed by atoms with Crippen molar-refractivity contribution in [1.29, 1.82) is 5.26 Å². The van der Waals surface area contributed by atoms with Crippen molar-refractivity contribution in [2.24, 2.45) is 0 Å². The predicted octanol–water partition coefficient (Wildman–Crippen LogP) is 3.78. The largest absolute Gasteiger partial charge is 0.493 e. The molecule has 0 radical (unpaired) electrons. The molecule has 0 aliphatic carbocycles. The van der Waals surface area contributed by atoms with Gasteiger partial charge in [-0.2, -0.15) is 5.26 Å². The molecule has 23 heavy (non-hydrogen) atoms. The fraction of sp³-hybridized carbons (Fsp3) is 0.500. The highest BCUT2D eigenvalue weighted by molar-refractivity contribution is 5.73. The SMILES string of the molecule is CCCC(F)OC(=O)CC(C)(C#N)c1cc(F)cc(F)c1OC. The van der Waals surface area contributed by atoms with Crippen molar-refractivity contribution in [3.05, 3.63) is 29.3 Å². The molecule has 0 spiro atoms. The second-order valence-corrected chi connectivity index (χ2v) is 5.28. The van der Waals surface area contributed by atoms with Crippen LogP contribution >= 0.6 is 0 Å². The van der Waals surface area contributed by atoms with Gasteiger partial charge in [-0.25, -0.2) is 13.2 Å². The quantitative estimate of drug-likeness (QED) is 0.714. The van der Waals surface area contributed by atoms with E-state index in [0.717, 1.165) is 13.2 Å². The lowest BCUT2D eigenvalue weighted by Crippen LogP contribution is -2.27. The van der Waals surface area contributed by atoms with Gasteiger partial charge in [0.15, 0.2) is 11.6 Å². The van der Waals surface area contributed by atoms with Crippen molar-refractivity contribution in [3.63, 3.8) is 0 Å². The van der Waals surface area contributed by atoms with Crippen LogP contribution in [-0.2, 0) is 14.9 Å². The highest BCUT2D eigenvalue weighted by Gasteiger charge is 2.36. The summed E-state index contributed by atoms with van der Waals surface area (Å²) in [4.78, 5) is 11.8. The van der Waals surface area contributed by atoms with E-state index in [-0.39, 0.29) is 17.7 Å². The average Bonchev–Trinajstić information content (AvgIpc) is 2.46. The van der Waals surface area contributed by atoms with Gasteiger partial charge in [-0.1, -0.05) is 6.92 Å². The summed E-state index contributed by atoms with van der Waals surface area (Å²) in [5.74, 6) is -3.22. The number of hydrogen-bond donors (Lipinski definition) is 0. The topological polar surface area (TPSA) is 59.3 Å². The monoisotopic (exact) mass is 329 g/mol. The highest BCUT2D eigenvalue weighted by atomic mass is 19.1. The van der Waals surface area contributed by atoms with Crippen molar-refractivity contribution in [3.8, 4) is 11.8 Å². The van der Waals surface area contributed by atoms with Gasteiger partial charge in [-0.3, -0.25) is 4.79 Å². The zero-order valence-electron chi connectivity index (χ0n) is 13.2. The van der Waals surface area contributed by atoms with Gasteiger partial charge in [0, 0.05) is 18.1 Å². The number of esters is 1. The number of nitrogens with zero attached hydrogens (tertiary/aromatic N) is 1. The Bertz CT molecular complexity index is 615. The fourth-order valence-electron chi connectivity index (χ4n) is 2.13. The van der Waals surface area contributed by atoms with Crippen LogP contribution in [0.5, 0.6) is 5.75 Å². The third-order valence-corrected chi connectivity index (χ3v) is 3.33. The number of benzene rings is 1. The molecule has 2 atom stereocenters. The minimum absolute atomic E-state index is 0.0346. The van der Waals surface area contributed by atoms with Crippen LogP contribution in [0, 0.1) is 23.0 Å². The standard InChI is InChI=1S/C16H18F3NO3/c1-4-5-13(19)23-14(21)8-16(2,9-20)11-6-10(17)7-12(18)15(11)22-3/h6-7,13H,4-5,8H2,1-3H3. The summed E-state index contributed by atoms with van der Waals surface area (Å²) in [6.45, 7) is 3.03. The molecule has 126 valence electrons. The van der Waals surface area contributed by atoms with E-state index < -0.39 is 35.8 Å². The molecule has 1 aromatic carbocycles. The Balaban J connectivity index is 3.11. The molecule has 0 heterocycles. The van der Waals surface area contributed by atoms with E-state index in [1.165, 1.54) is 6.92 Å². The summed E-state index contributed by atoms with van der Waals surface area (Å²) in [6, 6.07) is 3.35. The molecule has 1 aromatic rings. The number of carbonyl (C=O) groups is 1. The first-order chi connectivity index (χ1) is 10.8. The van der Waals surface area contributed by atoms with E-state index >= 15 is 0 Å². The molecule has 0 fully saturated rings. The third-order valence-electron chi connectivity index (χ3n) is 3.33. The predicted molar refractivity (Wildman–Crippen MR) is 76.4 cm³/mol. The summed E-state index contributed by atoms with van der Waals surface area (Å²) in [5, 5.41) is 9.37. The van der Waals surface area contributed by atoms with Crippen LogP contribution in [-0.4, -0.2) is 19.4 Å². The number of halogens is 3. The van der Waals surface area contributed by atoms with Crippen molar-refractivity contribution in [2.75, 3.05) is 7.11 Å². The van der Waals surface area contributed by atoms with Crippen LogP contribution in [0.2, 0.25) is 0 Å². The van der Waals surface area contributed by atoms with Gasteiger partial charge in [0.05, 0.1) is 25.0 Å². The van der Waals surface area contributed by atoms with E-state index in [0.29, 0.717) is 12.5 Å². The van der Waals surface area contributed by atoms with Gasteiger partial charge in [0.1, 0.15) is 5.82 Å². The molecule has 0 saturated heterocycles. The Hall–Kier alpha value is -2.23. The molecule has 0 aliphatic heterocycles. The van der Waals surface area contributed by atoms with Crippen LogP contribution in [0.25, 0.3) is 0 Å². The van der Waals surface area contributed by atoms with Crippen LogP contribution in [0.1, 0.15) is 38.7 Å². The molecule has 0 amide bonds. The zero-order chi connectivity index (χ0) is 17.6. The first-order valence-electron chi connectivity index (χ1n) is 7.05. The normalized spacial score (nSPS) is 14.5. The van der Waals surface area contributed by atoms with Crippen LogP contribution in [0.4, 0.5) is 13.2 Å². The van der Waals surface area contributed by atoms with Gasteiger partial charge in [-0.15, -0.1) is 0 Å². The van der Waals surface area contributed by atoms with Gasteiger partial charge >= 0.3 is 5.97 Å². The molecule has 0 saturated carbocycles. The Labute approximate surface area is 132 Å². The summed E-state index contributed by atoms with van der Waals surface area (Å²) < 4.78 is 50.0. The Morgan fingerprint density at radius 1 is 1.43 bits per heavy atom. The smallest absolute Gasteiger partial charge is 0.310 e. The molecule has 7 heteroatoms. The van der Waals surface area contributed by atoms with E-state index in [1.54, 1.807) is 6.92 Å². The average molecular weight is 329 g/mol. The number of ether oxygens (including phenoxy) is 2. The molecule has 0 N–H and O–H groups in total. The summed E-state index contributed by atoms with van der Waals surface area (Å²) in [5.41, 5.74) is -1.76. The molecular weight excluding hydrogens is 311 g/mol. The maximum absolute atomic E-state index is 13.8. The van der Waals surface area contributed by atoms with Gasteiger partial charge in [-0.05, 0) is 19.4 Å². The van der Waals surface area contributed by atoms with Crippen molar-refractivity contribution in [1.82, 2.24) is 0 Å². The Morgan fingerprint density at radius 3 is 2.61 bits per heavy atom. The zero-order valence-corrected chi connectivity index (χ0v) is 13.2. The van der Waals surface area contributed by atoms with Crippen molar-refractivity contribution in [2.45, 2.75) is 44.9 Å². The van der Waals surface area contributed by atoms with E-state index in [2.05, 4.69) is 4.74 Å². The fourth-order valence-corrected chi connectivity index (χ4v) is 2.13. The Kier molecular flexibility index (Phi) is 6.43. The lowest BCUT2D eigenvalue weighted by atomic mass is 9.80. The lowest BCUT2D eigenvalue weighted by Gasteiger charge is -2.24. The van der Waals surface area contributed by atoms with E-state index in [4.69, 9.17) is 4.74 Å². The maximum Gasteiger partial charge on any atom is 0.310 e. The maximum atomic E-state index is 13.8. The number of methoxy groups -OCH3 is 1. The van der Waals surface area contributed by atoms with Crippen molar-refractivity contribution < 1.29 is 27.4 Å². The molecule has 1 rings (SSSR count). The van der Waals surface area contributed by atoms with Gasteiger partial charge in [0.25, 0.3) is 0 Å². The Morgan fingerprint density at radius 2 is 2.09 bits per heavy atom. The molecule has 0 aliphatic rings. The third kappa shape index (κ3) is 4.62.